The van der Waals surface area contributed by atoms with Gasteiger partial charge in [0, 0.05) is 22.7 Å². The summed E-state index contributed by atoms with van der Waals surface area (Å²) >= 11 is 11.9. The molecule has 0 unspecified atom stereocenters. The number of rotatable bonds is 3. The molecule has 0 atom stereocenters. The number of halogens is 2. The van der Waals surface area contributed by atoms with Crippen molar-refractivity contribution in [3.05, 3.63) is 80.1 Å². The van der Waals surface area contributed by atoms with Crippen LogP contribution in [0, 0.1) is 0 Å². The second kappa shape index (κ2) is 6.44. The summed E-state index contributed by atoms with van der Waals surface area (Å²) < 4.78 is 5.47. The second-order valence-corrected chi connectivity index (χ2v) is 5.73. The van der Waals surface area contributed by atoms with E-state index in [1.165, 1.54) is 6.07 Å². The fraction of sp³-hybridized carbons (Fsp3) is 0.0588. The Morgan fingerprint density at radius 1 is 1.09 bits per heavy atom. The molecule has 116 valence electrons. The van der Waals surface area contributed by atoms with Gasteiger partial charge in [-0.05, 0) is 29.8 Å². The molecule has 0 fully saturated rings. The van der Waals surface area contributed by atoms with E-state index in [-0.39, 0.29) is 17.7 Å². The minimum Gasteiger partial charge on any atom is -0.451 e. The van der Waals surface area contributed by atoms with E-state index in [0.29, 0.717) is 21.0 Å². The van der Waals surface area contributed by atoms with Crippen LogP contribution < -0.4 is 10.7 Å². The smallest absolute Gasteiger partial charge is 0.287 e. The third-order valence-electron chi connectivity index (χ3n) is 3.31. The average Bonchev–Trinajstić information content (AvgIpc) is 2.54. The van der Waals surface area contributed by atoms with Crippen molar-refractivity contribution >= 4 is 40.1 Å². The summed E-state index contributed by atoms with van der Waals surface area (Å²) in [6.07, 6.45) is 0. The Bertz CT molecular complexity index is 950. The Morgan fingerprint density at radius 3 is 2.65 bits per heavy atom. The highest BCUT2D eigenvalue weighted by Gasteiger charge is 2.13. The Hall–Kier alpha value is -2.30. The lowest BCUT2D eigenvalue weighted by atomic mass is 10.2. The number of benzene rings is 2. The van der Waals surface area contributed by atoms with Gasteiger partial charge >= 0.3 is 0 Å². The van der Waals surface area contributed by atoms with Crippen LogP contribution in [-0.4, -0.2) is 5.91 Å². The Kier molecular flexibility index (Phi) is 4.37. The molecule has 1 N–H and O–H groups in total. The van der Waals surface area contributed by atoms with Crippen LogP contribution in [0.2, 0.25) is 10.0 Å². The highest BCUT2D eigenvalue weighted by atomic mass is 35.5. The molecule has 2 aromatic carbocycles. The van der Waals surface area contributed by atoms with Crippen molar-refractivity contribution in [2.75, 3.05) is 0 Å². The molecule has 0 aliphatic carbocycles. The van der Waals surface area contributed by atoms with Gasteiger partial charge in [-0.3, -0.25) is 9.59 Å². The lowest BCUT2D eigenvalue weighted by Gasteiger charge is -2.07. The minimum absolute atomic E-state index is 0.0584. The van der Waals surface area contributed by atoms with E-state index >= 15 is 0 Å². The van der Waals surface area contributed by atoms with Crippen LogP contribution in [0.4, 0.5) is 0 Å². The van der Waals surface area contributed by atoms with Crippen LogP contribution in [0.5, 0.6) is 0 Å². The van der Waals surface area contributed by atoms with Crippen LogP contribution >= 0.6 is 23.2 Å². The van der Waals surface area contributed by atoms with Crippen molar-refractivity contribution in [1.29, 1.82) is 0 Å². The molecule has 1 aromatic heterocycles. The summed E-state index contributed by atoms with van der Waals surface area (Å²) in [5.74, 6) is -0.546. The maximum absolute atomic E-state index is 12.2. The number of amides is 1. The van der Waals surface area contributed by atoms with Gasteiger partial charge in [-0.15, -0.1) is 0 Å². The first-order chi connectivity index (χ1) is 11.0. The van der Waals surface area contributed by atoms with Gasteiger partial charge in [-0.2, -0.15) is 0 Å². The fourth-order valence-corrected chi connectivity index (χ4v) is 2.52. The van der Waals surface area contributed by atoms with Crippen molar-refractivity contribution in [1.82, 2.24) is 5.32 Å². The molecule has 0 spiro atoms. The van der Waals surface area contributed by atoms with Crippen molar-refractivity contribution in [3.8, 4) is 0 Å². The lowest BCUT2D eigenvalue weighted by Crippen LogP contribution is -2.24. The molecule has 0 saturated heterocycles. The maximum Gasteiger partial charge on any atom is 0.287 e. The van der Waals surface area contributed by atoms with Gasteiger partial charge in [0.15, 0.2) is 11.2 Å². The van der Waals surface area contributed by atoms with Crippen LogP contribution in [0.25, 0.3) is 11.0 Å². The van der Waals surface area contributed by atoms with Crippen molar-refractivity contribution in [3.63, 3.8) is 0 Å². The summed E-state index contributed by atoms with van der Waals surface area (Å²) in [5, 5.41) is 4.00. The lowest BCUT2D eigenvalue weighted by molar-refractivity contribution is 0.0923. The van der Waals surface area contributed by atoms with Gasteiger partial charge in [0.25, 0.3) is 5.91 Å². The molecule has 1 heterocycles. The predicted octanol–water partition coefficient (Wildman–Crippen LogP) is 4.03. The predicted molar refractivity (Wildman–Crippen MR) is 90.1 cm³/mol. The van der Waals surface area contributed by atoms with Crippen LogP contribution in [0.1, 0.15) is 16.1 Å². The molecular weight excluding hydrogens is 337 g/mol. The van der Waals surface area contributed by atoms with E-state index in [2.05, 4.69) is 5.32 Å². The first-order valence-electron chi connectivity index (χ1n) is 6.79. The highest BCUT2D eigenvalue weighted by molar-refractivity contribution is 6.31. The fourth-order valence-electron chi connectivity index (χ4n) is 2.14. The Balaban J connectivity index is 1.85. The van der Waals surface area contributed by atoms with Gasteiger partial charge in [0.1, 0.15) is 5.58 Å². The zero-order valence-corrected chi connectivity index (χ0v) is 13.3. The van der Waals surface area contributed by atoms with E-state index in [4.69, 9.17) is 27.6 Å². The second-order valence-electron chi connectivity index (χ2n) is 4.89. The summed E-state index contributed by atoms with van der Waals surface area (Å²) in [4.78, 5) is 24.2. The van der Waals surface area contributed by atoms with Gasteiger partial charge in [0.2, 0.25) is 0 Å². The summed E-state index contributed by atoms with van der Waals surface area (Å²) in [6, 6.07) is 13.0. The van der Waals surface area contributed by atoms with Gasteiger partial charge in [-0.1, -0.05) is 41.4 Å². The molecular formula is C17H11Cl2NO3. The molecule has 6 heteroatoms. The van der Waals surface area contributed by atoms with Crippen LogP contribution in [-0.2, 0) is 6.54 Å². The topological polar surface area (TPSA) is 59.3 Å². The van der Waals surface area contributed by atoms with Crippen molar-refractivity contribution in [2.24, 2.45) is 0 Å². The SMILES string of the molecule is O=C(NCc1ccccc1Cl)c1cc(=O)c2cc(Cl)ccc2o1. The molecule has 0 aliphatic rings. The first kappa shape index (κ1) is 15.6. The van der Waals surface area contributed by atoms with E-state index in [1.807, 2.05) is 6.07 Å². The van der Waals surface area contributed by atoms with E-state index < -0.39 is 5.91 Å². The third kappa shape index (κ3) is 3.38. The van der Waals surface area contributed by atoms with Crippen LogP contribution in [0.3, 0.4) is 0 Å². The van der Waals surface area contributed by atoms with Crippen molar-refractivity contribution in [2.45, 2.75) is 6.54 Å². The van der Waals surface area contributed by atoms with Gasteiger partial charge in [-0.25, -0.2) is 0 Å². The Labute approximate surface area is 141 Å². The molecule has 1 amide bonds. The third-order valence-corrected chi connectivity index (χ3v) is 3.91. The summed E-state index contributed by atoms with van der Waals surface area (Å²) in [5.41, 5.74) is 0.763. The number of hydrogen-bond acceptors (Lipinski definition) is 3. The minimum atomic E-state index is -0.487. The number of carbonyl (C=O) groups is 1. The van der Waals surface area contributed by atoms with Gasteiger partial charge in [0.05, 0.1) is 5.39 Å². The molecule has 3 aromatic rings. The standard InChI is InChI=1S/C17H11Cl2NO3/c18-11-5-6-15-12(7-11)14(21)8-16(23-15)17(22)20-9-10-3-1-2-4-13(10)19/h1-8H,9H2,(H,20,22). The first-order valence-corrected chi connectivity index (χ1v) is 7.55. The molecule has 0 bridgehead atoms. The molecule has 3 rings (SSSR count). The average molecular weight is 348 g/mol. The molecule has 4 nitrogen and oxygen atoms in total. The van der Waals surface area contributed by atoms with Crippen LogP contribution in [0.15, 0.2) is 57.7 Å². The number of hydrogen-bond donors (Lipinski definition) is 1. The quantitative estimate of drug-likeness (QED) is 0.777. The largest absolute Gasteiger partial charge is 0.451 e. The Morgan fingerprint density at radius 2 is 1.87 bits per heavy atom. The number of carbonyl (C=O) groups excluding carboxylic acids is 1. The van der Waals surface area contributed by atoms with E-state index in [9.17, 15) is 9.59 Å². The number of nitrogens with one attached hydrogen (secondary N) is 1. The van der Waals surface area contributed by atoms with E-state index in [1.54, 1.807) is 30.3 Å². The monoisotopic (exact) mass is 347 g/mol. The molecule has 0 radical (unpaired) electrons. The summed E-state index contributed by atoms with van der Waals surface area (Å²) in [6.45, 7) is 0.237. The molecule has 23 heavy (non-hydrogen) atoms. The maximum atomic E-state index is 12.2. The molecule has 0 aliphatic heterocycles. The zero-order valence-electron chi connectivity index (χ0n) is 11.8. The number of fused-ring (bicyclic) bond motifs is 1. The van der Waals surface area contributed by atoms with Crippen molar-refractivity contribution < 1.29 is 9.21 Å². The zero-order chi connectivity index (χ0) is 16.4. The molecule has 0 saturated carbocycles. The van der Waals surface area contributed by atoms with Gasteiger partial charge < -0.3 is 9.73 Å². The van der Waals surface area contributed by atoms with E-state index in [0.717, 1.165) is 11.6 Å². The highest BCUT2D eigenvalue weighted by Crippen LogP contribution is 2.18. The normalized spacial score (nSPS) is 10.7. The summed E-state index contributed by atoms with van der Waals surface area (Å²) in [7, 11) is 0.